The van der Waals surface area contributed by atoms with E-state index < -0.39 is 10.8 Å². The maximum Gasteiger partial charge on any atom is 0.311 e. The van der Waals surface area contributed by atoms with Gasteiger partial charge in [-0.15, -0.1) is 0 Å². The molecule has 53 heavy (non-hydrogen) atoms. The largest absolute Gasteiger partial charge is 0.465 e. The van der Waals surface area contributed by atoms with Crippen LogP contribution in [0.5, 0.6) is 0 Å². The average molecular weight is 752 g/mol. The Kier molecular flexibility index (Phi) is 34.5. The summed E-state index contributed by atoms with van der Waals surface area (Å²) in [5, 5.41) is 9.63. The van der Waals surface area contributed by atoms with Gasteiger partial charge in [0, 0.05) is 6.54 Å². The average Bonchev–Trinajstić information content (AvgIpc) is 3.13. The number of carbonyl (C=O) groups excluding carboxylic acids is 2. The number of carbonyl (C=O) groups is 2. The van der Waals surface area contributed by atoms with Crippen molar-refractivity contribution < 1.29 is 24.2 Å². The summed E-state index contributed by atoms with van der Waals surface area (Å²) in [6, 6.07) is 0. The highest BCUT2D eigenvalue weighted by Gasteiger charge is 2.30. The third kappa shape index (κ3) is 30.7. The molecule has 0 spiro atoms. The maximum atomic E-state index is 13.1. The van der Waals surface area contributed by atoms with Crippen molar-refractivity contribution in [2.45, 2.75) is 235 Å². The number of ether oxygens (including phenoxy) is 2. The highest BCUT2D eigenvalue weighted by molar-refractivity contribution is 5.76. The minimum absolute atomic E-state index is 0.0177. The molecule has 0 aromatic rings. The van der Waals surface area contributed by atoms with Crippen LogP contribution in [0.4, 0.5) is 0 Å². The van der Waals surface area contributed by atoms with Gasteiger partial charge < -0.3 is 19.5 Å². The van der Waals surface area contributed by atoms with Gasteiger partial charge in [0.1, 0.15) is 0 Å². The smallest absolute Gasteiger partial charge is 0.311 e. The van der Waals surface area contributed by atoms with Gasteiger partial charge in [0.2, 0.25) is 0 Å². The topological polar surface area (TPSA) is 76.1 Å². The standard InChI is InChI=1S/C47H93NO5/c1-8-11-14-17-18-25-32-41-52-44(50)46(4,5)35-28-21-23-30-37-48(39-40-49)38-31-24-22-29-36-47(6,7)45(51)53-42-43(33-26-19-15-12-9-2)34-27-20-16-13-10-3/h43,49H,8-42H2,1-7H3. The molecule has 0 heterocycles. The molecule has 0 saturated carbocycles. The van der Waals surface area contributed by atoms with Gasteiger partial charge in [0.15, 0.2) is 0 Å². The van der Waals surface area contributed by atoms with Gasteiger partial charge in [-0.05, 0) is 91.6 Å². The zero-order chi connectivity index (χ0) is 39.5. The van der Waals surface area contributed by atoms with Crippen LogP contribution >= 0.6 is 0 Å². The molecule has 0 atom stereocenters. The molecule has 1 N–H and O–H groups in total. The van der Waals surface area contributed by atoms with Gasteiger partial charge in [-0.1, -0.05) is 162 Å². The molecule has 0 aliphatic heterocycles. The van der Waals surface area contributed by atoms with Crippen LogP contribution in [0.1, 0.15) is 235 Å². The molecule has 0 unspecified atom stereocenters. The Morgan fingerprint density at radius 2 is 0.868 bits per heavy atom. The first kappa shape index (κ1) is 51.9. The molecule has 0 aliphatic carbocycles. The zero-order valence-electron chi connectivity index (χ0n) is 36.9. The summed E-state index contributed by atoms with van der Waals surface area (Å²) in [6.07, 6.45) is 34.6. The summed E-state index contributed by atoms with van der Waals surface area (Å²) < 4.78 is 11.6. The van der Waals surface area contributed by atoms with Crippen molar-refractivity contribution in [3.63, 3.8) is 0 Å². The normalized spacial score (nSPS) is 12.3. The third-order valence-corrected chi connectivity index (χ3v) is 11.4. The lowest BCUT2D eigenvalue weighted by Crippen LogP contribution is -2.29. The first-order chi connectivity index (χ1) is 25.5. The predicted molar refractivity (Wildman–Crippen MR) is 227 cm³/mol. The molecule has 0 saturated heterocycles. The fraction of sp³-hybridized carbons (Fsp3) is 0.957. The second-order valence-corrected chi connectivity index (χ2v) is 17.8. The minimum atomic E-state index is -0.432. The number of rotatable bonds is 40. The fourth-order valence-corrected chi connectivity index (χ4v) is 7.39. The van der Waals surface area contributed by atoms with Crippen LogP contribution in [0, 0.1) is 16.7 Å². The number of hydrogen-bond acceptors (Lipinski definition) is 6. The molecule has 0 bridgehead atoms. The zero-order valence-corrected chi connectivity index (χ0v) is 36.9. The molecule has 316 valence electrons. The number of nitrogens with zero attached hydrogens (tertiary/aromatic N) is 1. The molecule has 6 nitrogen and oxygen atoms in total. The van der Waals surface area contributed by atoms with Crippen LogP contribution in [0.25, 0.3) is 0 Å². The van der Waals surface area contributed by atoms with Gasteiger partial charge >= 0.3 is 11.9 Å². The lowest BCUT2D eigenvalue weighted by Gasteiger charge is -2.25. The number of unbranched alkanes of at least 4 members (excludes halogenated alkanes) is 20. The fourth-order valence-electron chi connectivity index (χ4n) is 7.39. The van der Waals surface area contributed by atoms with Crippen LogP contribution in [-0.4, -0.2) is 61.4 Å². The first-order valence-corrected chi connectivity index (χ1v) is 23.2. The second-order valence-electron chi connectivity index (χ2n) is 17.8. The van der Waals surface area contributed by atoms with E-state index in [1.165, 1.54) is 109 Å². The summed E-state index contributed by atoms with van der Waals surface area (Å²) >= 11 is 0. The van der Waals surface area contributed by atoms with E-state index in [4.69, 9.17) is 9.47 Å². The molecule has 0 amide bonds. The van der Waals surface area contributed by atoms with Gasteiger partial charge in [-0.2, -0.15) is 0 Å². The van der Waals surface area contributed by atoms with Crippen LogP contribution < -0.4 is 0 Å². The summed E-state index contributed by atoms with van der Waals surface area (Å²) in [7, 11) is 0. The number of aliphatic hydroxyl groups is 1. The Morgan fingerprint density at radius 3 is 1.32 bits per heavy atom. The Morgan fingerprint density at radius 1 is 0.491 bits per heavy atom. The van der Waals surface area contributed by atoms with E-state index in [0.29, 0.717) is 19.1 Å². The Balaban J connectivity index is 4.25. The van der Waals surface area contributed by atoms with E-state index in [-0.39, 0.29) is 18.5 Å². The maximum absolute atomic E-state index is 13.1. The molecule has 0 aromatic carbocycles. The summed E-state index contributed by atoms with van der Waals surface area (Å²) in [6.45, 7) is 19.1. The van der Waals surface area contributed by atoms with Gasteiger partial charge in [-0.3, -0.25) is 9.59 Å². The highest BCUT2D eigenvalue weighted by atomic mass is 16.5. The van der Waals surface area contributed by atoms with E-state index in [0.717, 1.165) is 96.7 Å². The Labute approximate surface area is 331 Å². The lowest BCUT2D eigenvalue weighted by molar-refractivity contribution is -0.156. The SMILES string of the molecule is CCCCCCCCCOC(=O)C(C)(C)CCCCCCN(CCO)CCCCCCC(C)(C)C(=O)OCC(CCCCCCC)CCCCCCC. The van der Waals surface area contributed by atoms with Crippen molar-refractivity contribution in [2.75, 3.05) is 39.5 Å². The quantitative estimate of drug-likeness (QED) is 0.0496. The van der Waals surface area contributed by atoms with Crippen LogP contribution in [0.3, 0.4) is 0 Å². The molecule has 0 radical (unpaired) electrons. The Hall–Kier alpha value is -1.14. The van der Waals surface area contributed by atoms with Crippen molar-refractivity contribution in [3.8, 4) is 0 Å². The van der Waals surface area contributed by atoms with E-state index in [1.807, 2.05) is 13.8 Å². The molecule has 0 rings (SSSR count). The minimum Gasteiger partial charge on any atom is -0.465 e. The highest BCUT2D eigenvalue weighted by Crippen LogP contribution is 2.28. The summed E-state index contributed by atoms with van der Waals surface area (Å²) in [5.74, 6) is 0.444. The molecule has 0 fully saturated rings. The molecule has 6 heteroatoms. The number of aliphatic hydroxyl groups excluding tert-OH is 1. The van der Waals surface area contributed by atoms with E-state index in [9.17, 15) is 14.7 Å². The van der Waals surface area contributed by atoms with Crippen LogP contribution in [0.15, 0.2) is 0 Å². The Bertz CT molecular complexity index is 814. The van der Waals surface area contributed by atoms with Gasteiger partial charge in [0.25, 0.3) is 0 Å². The van der Waals surface area contributed by atoms with E-state index in [2.05, 4.69) is 39.5 Å². The molecular weight excluding hydrogens is 659 g/mol. The van der Waals surface area contributed by atoms with Crippen molar-refractivity contribution in [1.82, 2.24) is 4.90 Å². The monoisotopic (exact) mass is 752 g/mol. The second kappa shape index (κ2) is 35.3. The van der Waals surface area contributed by atoms with Crippen molar-refractivity contribution in [3.05, 3.63) is 0 Å². The first-order valence-electron chi connectivity index (χ1n) is 23.2. The molecule has 0 aromatic heterocycles. The van der Waals surface area contributed by atoms with Gasteiger partial charge in [0.05, 0.1) is 30.7 Å². The third-order valence-electron chi connectivity index (χ3n) is 11.4. The number of hydrogen-bond donors (Lipinski definition) is 1. The van der Waals surface area contributed by atoms with Crippen LogP contribution in [-0.2, 0) is 19.1 Å². The molecular formula is C47H93NO5. The van der Waals surface area contributed by atoms with Gasteiger partial charge in [-0.25, -0.2) is 0 Å². The molecule has 0 aliphatic rings. The number of esters is 2. The van der Waals surface area contributed by atoms with Crippen molar-refractivity contribution in [2.24, 2.45) is 16.7 Å². The van der Waals surface area contributed by atoms with E-state index in [1.54, 1.807) is 0 Å². The lowest BCUT2D eigenvalue weighted by atomic mass is 9.86. The van der Waals surface area contributed by atoms with Crippen molar-refractivity contribution in [1.29, 1.82) is 0 Å². The summed E-state index contributed by atoms with van der Waals surface area (Å²) in [5.41, 5.74) is -0.846. The summed E-state index contributed by atoms with van der Waals surface area (Å²) in [4.78, 5) is 28.2. The van der Waals surface area contributed by atoms with Crippen molar-refractivity contribution >= 4 is 11.9 Å². The van der Waals surface area contributed by atoms with E-state index >= 15 is 0 Å². The predicted octanol–water partition coefficient (Wildman–Crippen LogP) is 13.4. The van der Waals surface area contributed by atoms with Crippen LogP contribution in [0.2, 0.25) is 0 Å².